The van der Waals surface area contributed by atoms with Crippen LogP contribution in [0, 0.1) is 6.92 Å². The van der Waals surface area contributed by atoms with E-state index in [2.05, 4.69) is 11.0 Å². The van der Waals surface area contributed by atoms with Gasteiger partial charge in [0.1, 0.15) is 11.5 Å². The SMILES string of the molecule is CCOc1ccc(CN2CCOC[C@@H]2CO)c(OCC)c1C. The lowest BCUT2D eigenvalue weighted by molar-refractivity contribution is -0.0315. The van der Waals surface area contributed by atoms with Crippen LogP contribution in [-0.2, 0) is 11.3 Å². The second kappa shape index (κ2) is 8.36. The number of hydrogen-bond acceptors (Lipinski definition) is 5. The molecule has 1 heterocycles. The summed E-state index contributed by atoms with van der Waals surface area (Å²) in [4.78, 5) is 2.25. The predicted molar refractivity (Wildman–Crippen MR) is 85.6 cm³/mol. The van der Waals surface area contributed by atoms with Crippen LogP contribution < -0.4 is 9.47 Å². The van der Waals surface area contributed by atoms with Gasteiger partial charge in [0, 0.05) is 24.2 Å². The van der Waals surface area contributed by atoms with Crippen LogP contribution in [0.25, 0.3) is 0 Å². The van der Waals surface area contributed by atoms with Crippen LogP contribution in [0.5, 0.6) is 11.5 Å². The Morgan fingerprint density at radius 1 is 1.27 bits per heavy atom. The molecule has 5 heteroatoms. The van der Waals surface area contributed by atoms with Gasteiger partial charge in [-0.15, -0.1) is 0 Å². The summed E-state index contributed by atoms with van der Waals surface area (Å²) in [6.45, 7) is 10.2. The van der Waals surface area contributed by atoms with E-state index in [0.29, 0.717) is 26.4 Å². The summed E-state index contributed by atoms with van der Waals surface area (Å²) in [7, 11) is 0. The number of ether oxygens (including phenoxy) is 3. The van der Waals surface area contributed by atoms with E-state index < -0.39 is 0 Å². The molecule has 124 valence electrons. The highest BCUT2D eigenvalue weighted by Gasteiger charge is 2.24. The number of benzene rings is 1. The Morgan fingerprint density at radius 3 is 2.73 bits per heavy atom. The van der Waals surface area contributed by atoms with Crippen LogP contribution in [0.15, 0.2) is 12.1 Å². The summed E-state index contributed by atoms with van der Waals surface area (Å²) >= 11 is 0. The molecule has 0 unspecified atom stereocenters. The van der Waals surface area contributed by atoms with Crippen molar-refractivity contribution in [1.29, 1.82) is 0 Å². The molecule has 1 aromatic carbocycles. The normalized spacial score (nSPS) is 19.2. The van der Waals surface area contributed by atoms with Gasteiger partial charge in [0.05, 0.1) is 39.1 Å². The van der Waals surface area contributed by atoms with E-state index in [0.717, 1.165) is 35.7 Å². The van der Waals surface area contributed by atoms with Crippen molar-refractivity contribution >= 4 is 0 Å². The van der Waals surface area contributed by atoms with E-state index in [1.165, 1.54) is 0 Å². The fourth-order valence-electron chi connectivity index (χ4n) is 2.80. The Hall–Kier alpha value is -1.30. The number of rotatable bonds is 7. The van der Waals surface area contributed by atoms with Gasteiger partial charge in [-0.2, -0.15) is 0 Å². The van der Waals surface area contributed by atoms with Crippen molar-refractivity contribution < 1.29 is 19.3 Å². The maximum Gasteiger partial charge on any atom is 0.130 e. The van der Waals surface area contributed by atoms with Gasteiger partial charge in [-0.05, 0) is 26.8 Å². The third-order valence-electron chi connectivity index (χ3n) is 3.96. The molecule has 22 heavy (non-hydrogen) atoms. The zero-order chi connectivity index (χ0) is 15.9. The molecular weight excluding hydrogens is 282 g/mol. The molecule has 0 aromatic heterocycles. The average Bonchev–Trinajstić information content (AvgIpc) is 2.54. The molecule has 1 N–H and O–H groups in total. The summed E-state index contributed by atoms with van der Waals surface area (Å²) in [5.74, 6) is 1.77. The van der Waals surface area contributed by atoms with E-state index in [1.807, 2.05) is 26.8 Å². The van der Waals surface area contributed by atoms with E-state index in [4.69, 9.17) is 14.2 Å². The van der Waals surface area contributed by atoms with Crippen molar-refractivity contribution in [3.63, 3.8) is 0 Å². The molecule has 0 amide bonds. The van der Waals surface area contributed by atoms with Crippen molar-refractivity contribution in [2.75, 3.05) is 39.6 Å². The second-order valence-electron chi connectivity index (χ2n) is 5.42. The van der Waals surface area contributed by atoms with Crippen LogP contribution in [0.3, 0.4) is 0 Å². The number of aliphatic hydroxyl groups excluding tert-OH is 1. The first-order chi connectivity index (χ1) is 10.7. The summed E-state index contributed by atoms with van der Waals surface area (Å²) < 4.78 is 17.0. The molecular formula is C17H27NO4. The molecule has 0 radical (unpaired) electrons. The van der Waals surface area contributed by atoms with Crippen molar-refractivity contribution in [3.05, 3.63) is 23.3 Å². The monoisotopic (exact) mass is 309 g/mol. The second-order valence-corrected chi connectivity index (χ2v) is 5.42. The maximum absolute atomic E-state index is 9.51. The van der Waals surface area contributed by atoms with Crippen molar-refractivity contribution in [1.82, 2.24) is 4.90 Å². The largest absolute Gasteiger partial charge is 0.493 e. The molecule has 0 saturated carbocycles. The lowest BCUT2D eigenvalue weighted by Crippen LogP contribution is -2.46. The van der Waals surface area contributed by atoms with Gasteiger partial charge < -0.3 is 19.3 Å². The zero-order valence-corrected chi connectivity index (χ0v) is 13.8. The lowest BCUT2D eigenvalue weighted by Gasteiger charge is -2.34. The van der Waals surface area contributed by atoms with Crippen LogP contribution in [-0.4, -0.2) is 55.6 Å². The molecule has 1 saturated heterocycles. The Labute approximate surface area is 132 Å². The average molecular weight is 309 g/mol. The first-order valence-corrected chi connectivity index (χ1v) is 8.01. The van der Waals surface area contributed by atoms with Gasteiger partial charge in [-0.25, -0.2) is 0 Å². The lowest BCUT2D eigenvalue weighted by atomic mass is 10.1. The third kappa shape index (κ3) is 3.91. The molecule has 1 fully saturated rings. The summed E-state index contributed by atoms with van der Waals surface area (Å²) in [5.41, 5.74) is 2.16. The van der Waals surface area contributed by atoms with E-state index in [9.17, 15) is 5.11 Å². The van der Waals surface area contributed by atoms with Gasteiger partial charge in [0.2, 0.25) is 0 Å². The molecule has 2 rings (SSSR count). The number of aliphatic hydroxyl groups is 1. The first kappa shape index (κ1) is 17.1. The number of morpholine rings is 1. The topological polar surface area (TPSA) is 51.2 Å². The molecule has 1 aliphatic heterocycles. The standard InChI is InChI=1S/C17H27NO4/c1-4-21-16-7-6-14(17(13(16)3)22-5-2)10-18-8-9-20-12-15(18)11-19/h6-7,15,19H,4-5,8-12H2,1-3H3/t15-/m0/s1. The molecule has 1 aliphatic rings. The predicted octanol–water partition coefficient (Wildman–Crippen LogP) is 1.99. The first-order valence-electron chi connectivity index (χ1n) is 8.01. The Balaban J connectivity index is 2.23. The van der Waals surface area contributed by atoms with Gasteiger partial charge in [0.15, 0.2) is 0 Å². The van der Waals surface area contributed by atoms with E-state index in [-0.39, 0.29) is 12.6 Å². The Morgan fingerprint density at radius 2 is 2.05 bits per heavy atom. The van der Waals surface area contributed by atoms with E-state index in [1.54, 1.807) is 0 Å². The zero-order valence-electron chi connectivity index (χ0n) is 13.8. The van der Waals surface area contributed by atoms with Crippen LogP contribution in [0.2, 0.25) is 0 Å². The minimum absolute atomic E-state index is 0.0510. The molecule has 0 spiro atoms. The molecule has 5 nitrogen and oxygen atoms in total. The van der Waals surface area contributed by atoms with Crippen LogP contribution in [0.4, 0.5) is 0 Å². The summed E-state index contributed by atoms with van der Waals surface area (Å²) in [6, 6.07) is 4.12. The quantitative estimate of drug-likeness (QED) is 0.835. The molecule has 0 bridgehead atoms. The highest BCUT2D eigenvalue weighted by atomic mass is 16.5. The summed E-state index contributed by atoms with van der Waals surface area (Å²) in [5, 5.41) is 9.51. The highest BCUT2D eigenvalue weighted by molar-refractivity contribution is 5.49. The number of nitrogens with zero attached hydrogens (tertiary/aromatic N) is 1. The minimum atomic E-state index is 0.0510. The van der Waals surface area contributed by atoms with Gasteiger partial charge in [0.25, 0.3) is 0 Å². The fourth-order valence-corrected chi connectivity index (χ4v) is 2.80. The van der Waals surface area contributed by atoms with Gasteiger partial charge >= 0.3 is 0 Å². The van der Waals surface area contributed by atoms with Crippen molar-refractivity contribution in [2.24, 2.45) is 0 Å². The smallest absolute Gasteiger partial charge is 0.130 e. The minimum Gasteiger partial charge on any atom is -0.493 e. The Kier molecular flexibility index (Phi) is 6.49. The highest BCUT2D eigenvalue weighted by Crippen LogP contribution is 2.33. The number of hydrogen-bond donors (Lipinski definition) is 1. The van der Waals surface area contributed by atoms with Crippen molar-refractivity contribution in [2.45, 2.75) is 33.4 Å². The molecule has 1 aromatic rings. The molecule has 0 aliphatic carbocycles. The van der Waals surface area contributed by atoms with Gasteiger partial charge in [-0.3, -0.25) is 4.90 Å². The third-order valence-corrected chi connectivity index (χ3v) is 3.96. The van der Waals surface area contributed by atoms with E-state index >= 15 is 0 Å². The Bertz CT molecular complexity index is 478. The van der Waals surface area contributed by atoms with Crippen LogP contribution in [0.1, 0.15) is 25.0 Å². The maximum atomic E-state index is 9.51. The summed E-state index contributed by atoms with van der Waals surface area (Å²) in [6.07, 6.45) is 0. The fraction of sp³-hybridized carbons (Fsp3) is 0.647. The van der Waals surface area contributed by atoms with Crippen molar-refractivity contribution in [3.8, 4) is 11.5 Å². The molecule has 1 atom stereocenters. The van der Waals surface area contributed by atoms with Crippen LogP contribution >= 0.6 is 0 Å². The van der Waals surface area contributed by atoms with Gasteiger partial charge in [-0.1, -0.05) is 6.07 Å².